The normalized spacial score (nSPS) is 15.3. The summed E-state index contributed by atoms with van der Waals surface area (Å²) >= 11 is 2.08. The number of hydrogen-bond acceptors (Lipinski definition) is 1. The van der Waals surface area contributed by atoms with Crippen molar-refractivity contribution in [3.05, 3.63) is 192 Å². The summed E-state index contributed by atoms with van der Waals surface area (Å²) in [5, 5.41) is 10.2. The average molecular weight is 565 g/mol. The Labute approximate surface area is 255 Å². The lowest BCUT2D eigenvalue weighted by atomic mass is 9.72. The summed E-state index contributed by atoms with van der Waals surface area (Å²) in [7, 11) is 0. The van der Waals surface area contributed by atoms with Crippen molar-refractivity contribution in [2.75, 3.05) is 0 Å². The van der Waals surface area contributed by atoms with Crippen LogP contribution in [0.4, 0.5) is 0 Å². The van der Waals surface area contributed by atoms with E-state index in [2.05, 4.69) is 182 Å². The van der Waals surface area contributed by atoms with E-state index in [0.29, 0.717) is 0 Å². The molecule has 8 aromatic carbocycles. The van der Waals surface area contributed by atoms with Crippen molar-refractivity contribution in [1.82, 2.24) is 0 Å². The van der Waals surface area contributed by atoms with Crippen molar-refractivity contribution in [3.8, 4) is 0 Å². The molecule has 0 nitrogen and oxygen atoms in total. The quantitative estimate of drug-likeness (QED) is 0.192. The lowest BCUT2D eigenvalue weighted by Crippen LogP contribution is -2.25. The van der Waals surface area contributed by atoms with Crippen molar-refractivity contribution in [3.63, 3.8) is 0 Å². The minimum absolute atomic E-state index is 0.314. The van der Waals surface area contributed by atoms with Gasteiger partial charge in [0.2, 0.25) is 0 Å². The van der Waals surface area contributed by atoms with Crippen molar-refractivity contribution >= 4 is 54.9 Å². The van der Waals surface area contributed by atoms with E-state index in [1.807, 2.05) is 0 Å². The van der Waals surface area contributed by atoms with Gasteiger partial charge in [-0.3, -0.25) is 0 Å². The molecular formula is C42H28S. The third kappa shape index (κ3) is 3.65. The SMILES string of the molecule is c1ccc2cc(C3(c4ccc5ccccc5c4)SC3(c3ccc4ccccc4c3)c3ccc4ccccc4c3)ccc2c1. The van der Waals surface area contributed by atoms with Gasteiger partial charge in [-0.2, -0.15) is 0 Å². The molecule has 1 heterocycles. The summed E-state index contributed by atoms with van der Waals surface area (Å²) in [5.41, 5.74) is 5.36. The molecule has 0 atom stereocenters. The van der Waals surface area contributed by atoms with Gasteiger partial charge in [0, 0.05) is 0 Å². The molecule has 1 fully saturated rings. The standard InChI is InChI=1S/C42H28S/c1-5-13-33-25-37(21-17-29(33)9-1)41(38-22-18-30-10-2-6-14-34(30)26-38)42(43-41,39-23-19-31-11-3-7-15-35(31)27-39)40-24-20-32-12-4-8-16-36(32)28-40/h1-28H. The number of benzene rings is 8. The van der Waals surface area contributed by atoms with Crippen LogP contribution in [0.2, 0.25) is 0 Å². The van der Waals surface area contributed by atoms with Crippen molar-refractivity contribution in [2.45, 2.75) is 9.49 Å². The number of thioether (sulfide) groups is 1. The topological polar surface area (TPSA) is 0 Å². The monoisotopic (exact) mass is 564 g/mol. The Kier molecular flexibility index (Phi) is 5.36. The van der Waals surface area contributed by atoms with Crippen LogP contribution in [-0.4, -0.2) is 0 Å². The van der Waals surface area contributed by atoms with Gasteiger partial charge in [0.1, 0.15) is 0 Å². The van der Waals surface area contributed by atoms with Crippen LogP contribution in [0, 0.1) is 0 Å². The maximum Gasteiger partial charge on any atom is 0.0899 e. The van der Waals surface area contributed by atoms with E-state index >= 15 is 0 Å². The summed E-state index contributed by atoms with van der Waals surface area (Å²) < 4.78 is -0.627. The molecule has 0 amide bonds. The molecule has 202 valence electrons. The Morgan fingerprint density at radius 3 is 0.744 bits per heavy atom. The maximum absolute atomic E-state index is 2.43. The van der Waals surface area contributed by atoms with Gasteiger partial charge >= 0.3 is 0 Å². The highest BCUT2D eigenvalue weighted by Crippen LogP contribution is 2.81. The Bertz CT molecular complexity index is 2020. The van der Waals surface area contributed by atoms with Crippen LogP contribution in [0.25, 0.3) is 43.1 Å². The lowest BCUT2D eigenvalue weighted by Gasteiger charge is -2.27. The highest BCUT2D eigenvalue weighted by atomic mass is 32.2. The molecular weight excluding hydrogens is 537 g/mol. The van der Waals surface area contributed by atoms with E-state index in [4.69, 9.17) is 0 Å². The lowest BCUT2D eigenvalue weighted by molar-refractivity contribution is 0.693. The first-order valence-corrected chi connectivity index (χ1v) is 15.7. The van der Waals surface area contributed by atoms with Crippen molar-refractivity contribution < 1.29 is 0 Å². The summed E-state index contributed by atoms with van der Waals surface area (Å²) in [6.07, 6.45) is 0. The van der Waals surface area contributed by atoms with Crippen molar-refractivity contribution in [2.24, 2.45) is 0 Å². The Balaban J connectivity index is 1.38. The van der Waals surface area contributed by atoms with E-state index in [0.717, 1.165) is 0 Å². The van der Waals surface area contributed by atoms with Crippen LogP contribution in [-0.2, 0) is 9.49 Å². The Hall–Kier alpha value is -4.85. The first-order valence-electron chi connectivity index (χ1n) is 14.9. The fourth-order valence-electron chi connectivity index (χ4n) is 7.22. The average Bonchev–Trinajstić information content (AvgIpc) is 3.80. The Morgan fingerprint density at radius 2 is 0.488 bits per heavy atom. The number of hydrogen-bond donors (Lipinski definition) is 0. The summed E-state index contributed by atoms with van der Waals surface area (Å²) in [6.45, 7) is 0. The third-order valence-electron chi connectivity index (χ3n) is 9.38. The maximum atomic E-state index is 2.43. The second-order valence-electron chi connectivity index (χ2n) is 11.7. The minimum Gasteiger partial charge on any atom is -0.125 e. The first-order chi connectivity index (χ1) is 21.2. The van der Waals surface area contributed by atoms with Gasteiger partial charge in [0.15, 0.2) is 0 Å². The van der Waals surface area contributed by atoms with Gasteiger partial charge < -0.3 is 0 Å². The van der Waals surface area contributed by atoms with Gasteiger partial charge in [0.25, 0.3) is 0 Å². The molecule has 0 radical (unpaired) electrons. The third-order valence-corrected chi connectivity index (χ3v) is 11.3. The van der Waals surface area contributed by atoms with Crippen LogP contribution in [0.3, 0.4) is 0 Å². The van der Waals surface area contributed by atoms with Gasteiger partial charge in [-0.15, -0.1) is 11.8 Å². The second-order valence-corrected chi connectivity index (χ2v) is 13.1. The summed E-state index contributed by atoms with van der Waals surface area (Å²) in [6, 6.07) is 63.3. The fourth-order valence-corrected chi connectivity index (χ4v) is 9.08. The van der Waals surface area contributed by atoms with Gasteiger partial charge in [-0.05, 0) is 89.6 Å². The second kappa shape index (κ2) is 9.33. The number of fused-ring (bicyclic) bond motifs is 4. The molecule has 9 rings (SSSR count). The van der Waals surface area contributed by atoms with Gasteiger partial charge in [0.05, 0.1) is 9.49 Å². The van der Waals surface area contributed by atoms with E-state index in [1.165, 1.54) is 65.3 Å². The van der Waals surface area contributed by atoms with Gasteiger partial charge in [-0.25, -0.2) is 0 Å². The van der Waals surface area contributed by atoms with Gasteiger partial charge in [-0.1, -0.05) is 146 Å². The summed E-state index contributed by atoms with van der Waals surface area (Å²) in [5.74, 6) is 0. The predicted octanol–water partition coefficient (Wildman–Crippen LogP) is 11.2. The fraction of sp³-hybridized carbons (Fsp3) is 0.0476. The van der Waals surface area contributed by atoms with E-state index in [1.54, 1.807) is 0 Å². The predicted molar refractivity (Wildman–Crippen MR) is 185 cm³/mol. The van der Waals surface area contributed by atoms with Crippen molar-refractivity contribution in [1.29, 1.82) is 0 Å². The van der Waals surface area contributed by atoms with E-state index < -0.39 is 0 Å². The minimum atomic E-state index is -0.314. The zero-order valence-corrected chi connectivity index (χ0v) is 24.4. The molecule has 1 aliphatic heterocycles. The molecule has 0 bridgehead atoms. The Morgan fingerprint density at radius 1 is 0.256 bits per heavy atom. The van der Waals surface area contributed by atoms with Crippen LogP contribution in [0.5, 0.6) is 0 Å². The molecule has 0 aliphatic carbocycles. The highest BCUT2D eigenvalue weighted by molar-refractivity contribution is 8.09. The molecule has 0 saturated carbocycles. The molecule has 0 unspecified atom stereocenters. The molecule has 1 saturated heterocycles. The number of rotatable bonds is 4. The molecule has 1 heteroatoms. The van der Waals surface area contributed by atoms with E-state index in [-0.39, 0.29) is 9.49 Å². The van der Waals surface area contributed by atoms with Crippen LogP contribution < -0.4 is 0 Å². The first kappa shape index (κ1) is 24.7. The molecule has 0 aromatic heterocycles. The molecule has 0 N–H and O–H groups in total. The van der Waals surface area contributed by atoms with Crippen LogP contribution >= 0.6 is 11.8 Å². The molecule has 1 aliphatic rings. The zero-order chi connectivity index (χ0) is 28.4. The summed E-state index contributed by atoms with van der Waals surface area (Å²) in [4.78, 5) is 0. The largest absolute Gasteiger partial charge is 0.125 e. The van der Waals surface area contributed by atoms with Crippen LogP contribution in [0.15, 0.2) is 170 Å². The molecule has 8 aromatic rings. The highest BCUT2D eigenvalue weighted by Gasteiger charge is 2.72. The molecule has 0 spiro atoms. The molecule has 43 heavy (non-hydrogen) atoms. The van der Waals surface area contributed by atoms with Crippen LogP contribution in [0.1, 0.15) is 22.3 Å². The zero-order valence-electron chi connectivity index (χ0n) is 23.6. The van der Waals surface area contributed by atoms with E-state index in [9.17, 15) is 0 Å². The smallest absolute Gasteiger partial charge is 0.0899 e.